The molecule has 1 heterocycles. The fraction of sp³-hybridized carbons (Fsp3) is 0.889. The Balaban J connectivity index is 1.94. The molecule has 0 atom stereocenters. The Morgan fingerprint density at radius 3 is 2.42 bits per heavy atom. The summed E-state index contributed by atoms with van der Waals surface area (Å²) in [5.74, 6) is 0.841. The molecule has 0 amide bonds. The first-order chi connectivity index (χ1) is 5.71. The van der Waals surface area contributed by atoms with Crippen LogP contribution in [-0.2, 0) is 9.53 Å². The molecule has 0 aromatic rings. The molecule has 1 saturated heterocycles. The van der Waals surface area contributed by atoms with Crippen molar-refractivity contribution in [2.24, 2.45) is 11.7 Å². The Morgan fingerprint density at radius 1 is 1.33 bits per heavy atom. The molecule has 1 aliphatic heterocycles. The Kier molecular flexibility index (Phi) is 1.93. The maximum absolute atomic E-state index is 10.8. The third-order valence-electron chi connectivity index (χ3n) is 3.09. The highest BCUT2D eigenvalue weighted by Gasteiger charge is 2.46. The van der Waals surface area contributed by atoms with Gasteiger partial charge in [0, 0.05) is 31.6 Å². The number of hydrogen-bond donors (Lipinski definition) is 1. The first kappa shape index (κ1) is 8.20. The largest absolute Gasteiger partial charge is 0.381 e. The Labute approximate surface area is 72.3 Å². The summed E-state index contributed by atoms with van der Waals surface area (Å²) in [6.45, 7) is 1.63. The zero-order chi connectivity index (χ0) is 8.60. The van der Waals surface area contributed by atoms with Crippen LogP contribution in [0.2, 0.25) is 0 Å². The molecule has 0 radical (unpaired) electrons. The smallest absolute Gasteiger partial charge is 0.136 e. The first-order valence-electron chi connectivity index (χ1n) is 4.59. The standard InChI is InChI=1S/C9H15NO2/c10-9(5-8(11)6-9)7-1-3-12-4-2-7/h7H,1-6,10H2. The Morgan fingerprint density at radius 2 is 1.92 bits per heavy atom. The van der Waals surface area contributed by atoms with Gasteiger partial charge < -0.3 is 10.5 Å². The second-order valence-electron chi connectivity index (χ2n) is 4.01. The van der Waals surface area contributed by atoms with Gasteiger partial charge in [-0.05, 0) is 18.8 Å². The van der Waals surface area contributed by atoms with Crippen molar-refractivity contribution < 1.29 is 9.53 Å². The van der Waals surface area contributed by atoms with E-state index in [0.29, 0.717) is 24.5 Å². The summed E-state index contributed by atoms with van der Waals surface area (Å²) in [6, 6.07) is 0. The fourth-order valence-electron chi connectivity index (χ4n) is 2.24. The molecule has 0 bridgehead atoms. The molecule has 68 valence electrons. The highest BCUT2D eigenvalue weighted by atomic mass is 16.5. The first-order valence-corrected chi connectivity index (χ1v) is 4.59. The van der Waals surface area contributed by atoms with Crippen molar-refractivity contribution in [1.29, 1.82) is 0 Å². The summed E-state index contributed by atoms with van der Waals surface area (Å²) in [6.07, 6.45) is 3.25. The molecule has 2 aliphatic rings. The van der Waals surface area contributed by atoms with Crippen LogP contribution in [0.1, 0.15) is 25.7 Å². The number of Topliss-reactive ketones (excluding diaryl/α,β-unsaturated/α-hetero) is 1. The van der Waals surface area contributed by atoms with Crippen LogP contribution in [0.15, 0.2) is 0 Å². The third kappa shape index (κ3) is 1.27. The van der Waals surface area contributed by atoms with Gasteiger partial charge in [0.25, 0.3) is 0 Å². The van der Waals surface area contributed by atoms with Crippen LogP contribution in [-0.4, -0.2) is 24.5 Å². The van der Waals surface area contributed by atoms with Crippen molar-refractivity contribution in [3.8, 4) is 0 Å². The van der Waals surface area contributed by atoms with Crippen molar-refractivity contribution in [2.75, 3.05) is 13.2 Å². The monoisotopic (exact) mass is 169 g/mol. The molecular weight excluding hydrogens is 154 g/mol. The summed E-state index contributed by atoms with van der Waals surface area (Å²) < 4.78 is 5.25. The molecule has 0 spiro atoms. The van der Waals surface area contributed by atoms with Gasteiger partial charge in [-0.15, -0.1) is 0 Å². The highest BCUT2D eigenvalue weighted by Crippen LogP contribution is 2.38. The van der Waals surface area contributed by atoms with Crippen molar-refractivity contribution in [2.45, 2.75) is 31.2 Å². The lowest BCUT2D eigenvalue weighted by Gasteiger charge is -2.44. The molecule has 3 heteroatoms. The fourth-order valence-corrected chi connectivity index (χ4v) is 2.24. The van der Waals surface area contributed by atoms with Gasteiger partial charge >= 0.3 is 0 Å². The molecule has 1 aliphatic carbocycles. The van der Waals surface area contributed by atoms with Gasteiger partial charge in [-0.1, -0.05) is 0 Å². The van der Waals surface area contributed by atoms with Crippen molar-refractivity contribution in [1.82, 2.24) is 0 Å². The lowest BCUT2D eigenvalue weighted by atomic mass is 9.65. The molecule has 3 nitrogen and oxygen atoms in total. The van der Waals surface area contributed by atoms with Crippen LogP contribution in [0.3, 0.4) is 0 Å². The van der Waals surface area contributed by atoms with E-state index in [9.17, 15) is 4.79 Å². The predicted molar refractivity (Wildman–Crippen MR) is 44.7 cm³/mol. The van der Waals surface area contributed by atoms with Crippen molar-refractivity contribution >= 4 is 5.78 Å². The van der Waals surface area contributed by atoms with Gasteiger partial charge in [0.2, 0.25) is 0 Å². The number of ketones is 1. The van der Waals surface area contributed by atoms with Gasteiger partial charge in [-0.3, -0.25) is 4.79 Å². The Bertz CT molecular complexity index is 189. The number of hydrogen-bond acceptors (Lipinski definition) is 3. The van der Waals surface area contributed by atoms with Crippen molar-refractivity contribution in [3.05, 3.63) is 0 Å². The van der Waals surface area contributed by atoms with E-state index in [0.717, 1.165) is 26.1 Å². The van der Waals surface area contributed by atoms with E-state index in [1.54, 1.807) is 0 Å². The van der Waals surface area contributed by atoms with E-state index in [2.05, 4.69) is 0 Å². The zero-order valence-corrected chi connectivity index (χ0v) is 7.21. The van der Waals surface area contributed by atoms with E-state index >= 15 is 0 Å². The quantitative estimate of drug-likeness (QED) is 0.621. The highest BCUT2D eigenvalue weighted by molar-refractivity contribution is 5.87. The van der Waals surface area contributed by atoms with E-state index < -0.39 is 0 Å². The number of ether oxygens (including phenoxy) is 1. The number of carbonyl (C=O) groups excluding carboxylic acids is 1. The summed E-state index contributed by atoms with van der Waals surface area (Å²) in [7, 11) is 0. The molecule has 12 heavy (non-hydrogen) atoms. The summed E-state index contributed by atoms with van der Waals surface area (Å²) in [4.78, 5) is 10.8. The normalized spacial score (nSPS) is 29.9. The molecular formula is C9H15NO2. The minimum atomic E-state index is -0.166. The second kappa shape index (κ2) is 2.82. The van der Waals surface area contributed by atoms with Gasteiger partial charge in [-0.2, -0.15) is 0 Å². The average molecular weight is 169 g/mol. The number of carbonyl (C=O) groups is 1. The van der Waals surface area contributed by atoms with Crippen molar-refractivity contribution in [3.63, 3.8) is 0 Å². The summed E-state index contributed by atoms with van der Waals surface area (Å²) >= 11 is 0. The molecule has 0 unspecified atom stereocenters. The minimum Gasteiger partial charge on any atom is -0.381 e. The molecule has 2 fully saturated rings. The molecule has 0 aromatic heterocycles. The van der Waals surface area contributed by atoms with Crippen LogP contribution in [0, 0.1) is 5.92 Å². The van der Waals surface area contributed by atoms with E-state index in [-0.39, 0.29) is 5.54 Å². The molecule has 2 rings (SSSR count). The van der Waals surface area contributed by atoms with Crippen LogP contribution >= 0.6 is 0 Å². The molecule has 1 saturated carbocycles. The van der Waals surface area contributed by atoms with Gasteiger partial charge in [0.15, 0.2) is 0 Å². The van der Waals surface area contributed by atoms with E-state index in [4.69, 9.17) is 10.5 Å². The maximum Gasteiger partial charge on any atom is 0.136 e. The Hall–Kier alpha value is -0.410. The lowest BCUT2D eigenvalue weighted by Crippen LogP contribution is -2.58. The van der Waals surface area contributed by atoms with Crippen LogP contribution in [0.5, 0.6) is 0 Å². The molecule has 2 N–H and O–H groups in total. The van der Waals surface area contributed by atoms with Gasteiger partial charge in [0.05, 0.1) is 0 Å². The van der Waals surface area contributed by atoms with E-state index in [1.807, 2.05) is 0 Å². The van der Waals surface area contributed by atoms with Gasteiger partial charge in [0.1, 0.15) is 5.78 Å². The van der Waals surface area contributed by atoms with E-state index in [1.165, 1.54) is 0 Å². The van der Waals surface area contributed by atoms with Crippen LogP contribution < -0.4 is 5.73 Å². The maximum atomic E-state index is 10.8. The number of rotatable bonds is 1. The molecule has 0 aromatic carbocycles. The average Bonchev–Trinajstić information content (AvgIpc) is 2.04. The second-order valence-corrected chi connectivity index (χ2v) is 4.01. The SMILES string of the molecule is NC1(C2CCOCC2)CC(=O)C1. The van der Waals surface area contributed by atoms with Crippen LogP contribution in [0.4, 0.5) is 0 Å². The van der Waals surface area contributed by atoms with Gasteiger partial charge in [-0.25, -0.2) is 0 Å². The third-order valence-corrected chi connectivity index (χ3v) is 3.09. The summed E-state index contributed by atoms with van der Waals surface area (Å²) in [5.41, 5.74) is 5.93. The zero-order valence-electron chi connectivity index (χ0n) is 7.21. The topological polar surface area (TPSA) is 52.3 Å². The summed E-state index contributed by atoms with van der Waals surface area (Å²) in [5, 5.41) is 0. The lowest BCUT2D eigenvalue weighted by molar-refractivity contribution is -0.131. The van der Waals surface area contributed by atoms with Crippen LogP contribution in [0.25, 0.3) is 0 Å². The predicted octanol–water partition coefficient (Wildman–Crippen LogP) is 0.473. The minimum absolute atomic E-state index is 0.166. The number of nitrogens with two attached hydrogens (primary N) is 1.